The number of benzene rings is 1. The largest absolute Gasteiger partial charge is 0.493 e. The molecule has 1 aliphatic heterocycles. The van der Waals surface area contributed by atoms with Crippen molar-refractivity contribution in [3.05, 3.63) is 64.2 Å². The second-order valence-electron chi connectivity index (χ2n) is 7.74. The fourth-order valence-corrected chi connectivity index (χ4v) is 3.92. The molecule has 0 spiro atoms. The molecule has 0 amide bonds. The fourth-order valence-electron chi connectivity index (χ4n) is 3.80. The highest BCUT2D eigenvalue weighted by Crippen LogP contribution is 2.24. The maximum Gasteiger partial charge on any atom is 0.119 e. The van der Waals surface area contributed by atoms with E-state index in [1.807, 2.05) is 47.7 Å². The van der Waals surface area contributed by atoms with E-state index in [1.54, 1.807) is 0 Å². The van der Waals surface area contributed by atoms with Gasteiger partial charge in [0.1, 0.15) is 11.9 Å². The van der Waals surface area contributed by atoms with Crippen LogP contribution in [0.25, 0.3) is 0 Å². The lowest BCUT2D eigenvalue weighted by atomic mass is 10.1. The fraction of sp³-hybridized carbons (Fsp3) is 0.455. The van der Waals surface area contributed by atoms with E-state index in [9.17, 15) is 0 Å². The molecule has 4 rings (SSSR count). The summed E-state index contributed by atoms with van der Waals surface area (Å²) in [5.74, 6) is 0.818. The Bertz CT molecular complexity index is 982. The van der Waals surface area contributed by atoms with Gasteiger partial charge < -0.3 is 9.47 Å². The molecule has 1 aromatic carbocycles. The van der Waals surface area contributed by atoms with Crippen LogP contribution in [0.5, 0.6) is 5.75 Å². The van der Waals surface area contributed by atoms with Gasteiger partial charge in [-0.1, -0.05) is 11.6 Å². The van der Waals surface area contributed by atoms with Gasteiger partial charge in [-0.2, -0.15) is 10.2 Å². The van der Waals surface area contributed by atoms with Gasteiger partial charge in [0.25, 0.3) is 0 Å². The second-order valence-corrected chi connectivity index (χ2v) is 8.18. The lowest BCUT2D eigenvalue weighted by Crippen LogP contribution is -2.38. The van der Waals surface area contributed by atoms with Crippen molar-refractivity contribution >= 4 is 11.6 Å². The summed E-state index contributed by atoms with van der Waals surface area (Å²) in [7, 11) is 3.94. The van der Waals surface area contributed by atoms with E-state index in [0.717, 1.165) is 48.9 Å². The van der Waals surface area contributed by atoms with Crippen molar-refractivity contribution in [2.24, 2.45) is 14.1 Å². The SMILES string of the molecule is Cc1nn(C)cc1CN1CCO[C@H](c2cc(CCOc3ccc(Cl)cc3)n(C)n2)C1. The summed E-state index contributed by atoms with van der Waals surface area (Å²) in [6.45, 7) is 5.97. The zero-order valence-corrected chi connectivity index (χ0v) is 18.5. The monoisotopic (exact) mass is 429 g/mol. The molecule has 0 unspecified atom stereocenters. The quantitative estimate of drug-likeness (QED) is 0.576. The lowest BCUT2D eigenvalue weighted by molar-refractivity contribution is -0.0352. The summed E-state index contributed by atoms with van der Waals surface area (Å²) in [6, 6.07) is 9.56. The molecule has 7 nitrogen and oxygen atoms in total. The third-order valence-corrected chi connectivity index (χ3v) is 5.68. The zero-order valence-electron chi connectivity index (χ0n) is 17.7. The van der Waals surface area contributed by atoms with Gasteiger partial charge in [0.2, 0.25) is 0 Å². The van der Waals surface area contributed by atoms with Crippen LogP contribution in [0.4, 0.5) is 0 Å². The summed E-state index contributed by atoms with van der Waals surface area (Å²) >= 11 is 5.92. The minimum atomic E-state index is -0.0205. The first-order chi connectivity index (χ1) is 14.5. The molecule has 8 heteroatoms. The van der Waals surface area contributed by atoms with Crippen molar-refractivity contribution in [3.63, 3.8) is 0 Å². The first-order valence-corrected chi connectivity index (χ1v) is 10.6. The molecule has 1 saturated heterocycles. The summed E-state index contributed by atoms with van der Waals surface area (Å²) in [5.41, 5.74) is 4.45. The molecule has 2 aromatic heterocycles. The Labute approximate surface area is 182 Å². The summed E-state index contributed by atoms with van der Waals surface area (Å²) < 4.78 is 15.7. The number of morpholine rings is 1. The van der Waals surface area contributed by atoms with Crippen molar-refractivity contribution in [3.8, 4) is 5.75 Å². The van der Waals surface area contributed by atoms with Crippen molar-refractivity contribution in [1.29, 1.82) is 0 Å². The molecule has 3 aromatic rings. The Kier molecular flexibility index (Phi) is 6.41. The second kappa shape index (κ2) is 9.20. The van der Waals surface area contributed by atoms with Crippen molar-refractivity contribution < 1.29 is 9.47 Å². The number of halogens is 1. The molecule has 30 heavy (non-hydrogen) atoms. The first kappa shape index (κ1) is 20.9. The van der Waals surface area contributed by atoms with Gasteiger partial charge in [0.15, 0.2) is 0 Å². The molecule has 3 heterocycles. The minimum absolute atomic E-state index is 0.0205. The molecule has 0 N–H and O–H groups in total. The maximum atomic E-state index is 6.04. The molecular weight excluding hydrogens is 402 g/mol. The maximum absolute atomic E-state index is 6.04. The van der Waals surface area contributed by atoms with Gasteiger partial charge in [-0.05, 0) is 37.3 Å². The molecule has 1 aliphatic rings. The highest BCUT2D eigenvalue weighted by molar-refractivity contribution is 6.30. The van der Waals surface area contributed by atoms with Crippen LogP contribution in [0.2, 0.25) is 5.02 Å². The molecule has 1 fully saturated rings. The molecule has 0 radical (unpaired) electrons. The molecule has 160 valence electrons. The molecule has 0 aliphatic carbocycles. The number of aryl methyl sites for hydroxylation is 3. The zero-order chi connectivity index (χ0) is 21.1. The van der Waals surface area contributed by atoms with Crippen LogP contribution >= 0.6 is 11.6 Å². The minimum Gasteiger partial charge on any atom is -0.493 e. The van der Waals surface area contributed by atoms with E-state index in [1.165, 1.54) is 5.56 Å². The van der Waals surface area contributed by atoms with E-state index in [2.05, 4.69) is 29.2 Å². The first-order valence-electron chi connectivity index (χ1n) is 10.2. The average Bonchev–Trinajstić information content (AvgIpc) is 3.25. The third-order valence-electron chi connectivity index (χ3n) is 5.43. The molecule has 0 bridgehead atoms. The Balaban J connectivity index is 1.34. The number of hydrogen-bond donors (Lipinski definition) is 0. The highest BCUT2D eigenvalue weighted by atomic mass is 35.5. The van der Waals surface area contributed by atoms with E-state index in [4.69, 9.17) is 26.2 Å². The van der Waals surface area contributed by atoms with Gasteiger partial charge in [-0.15, -0.1) is 0 Å². The van der Waals surface area contributed by atoms with Gasteiger partial charge in [-0.25, -0.2) is 0 Å². The van der Waals surface area contributed by atoms with Crippen molar-refractivity contribution in [2.45, 2.75) is 26.0 Å². The standard InChI is InChI=1S/C22H28ClN5O2/c1-16-17(13-26(2)24-16)14-28-9-11-30-22(15-28)21-12-19(27(3)25-21)8-10-29-20-6-4-18(23)5-7-20/h4-7,12-13,22H,8-11,14-15H2,1-3H3/t22-/m0/s1. The average molecular weight is 430 g/mol. The Morgan fingerprint density at radius 3 is 2.73 bits per heavy atom. The van der Waals surface area contributed by atoms with Crippen LogP contribution < -0.4 is 4.74 Å². The van der Waals surface area contributed by atoms with Crippen LogP contribution in [0.3, 0.4) is 0 Å². The van der Waals surface area contributed by atoms with Crippen LogP contribution in [0, 0.1) is 6.92 Å². The predicted molar refractivity (Wildman–Crippen MR) is 116 cm³/mol. The predicted octanol–water partition coefficient (Wildman–Crippen LogP) is 3.31. The van der Waals surface area contributed by atoms with E-state index < -0.39 is 0 Å². The molecular formula is C22H28ClN5O2. The van der Waals surface area contributed by atoms with Crippen molar-refractivity contribution in [1.82, 2.24) is 24.5 Å². The van der Waals surface area contributed by atoms with E-state index in [0.29, 0.717) is 18.2 Å². The Morgan fingerprint density at radius 1 is 1.20 bits per heavy atom. The summed E-state index contributed by atoms with van der Waals surface area (Å²) in [4.78, 5) is 2.41. The molecule has 0 saturated carbocycles. The third kappa shape index (κ3) is 5.03. The topological polar surface area (TPSA) is 57.3 Å². The number of ether oxygens (including phenoxy) is 2. The number of rotatable bonds is 7. The number of hydrogen-bond acceptors (Lipinski definition) is 5. The number of nitrogens with zero attached hydrogens (tertiary/aromatic N) is 5. The summed E-state index contributed by atoms with van der Waals surface area (Å²) in [6.07, 6.45) is 2.85. The Hall–Kier alpha value is -2.35. The van der Waals surface area contributed by atoms with Crippen molar-refractivity contribution in [2.75, 3.05) is 26.3 Å². The summed E-state index contributed by atoms with van der Waals surface area (Å²) in [5, 5.41) is 9.87. The number of aromatic nitrogens is 4. The van der Waals surface area contributed by atoms with Crippen LogP contribution in [-0.2, 0) is 31.8 Å². The van der Waals surface area contributed by atoms with E-state index >= 15 is 0 Å². The van der Waals surface area contributed by atoms with Gasteiger partial charge in [0, 0.05) is 62.6 Å². The normalized spacial score (nSPS) is 17.4. The highest BCUT2D eigenvalue weighted by Gasteiger charge is 2.25. The van der Waals surface area contributed by atoms with Crippen LogP contribution in [0.15, 0.2) is 36.5 Å². The molecule has 1 atom stereocenters. The van der Waals surface area contributed by atoms with E-state index in [-0.39, 0.29) is 6.10 Å². The van der Waals surface area contributed by atoms with Gasteiger partial charge >= 0.3 is 0 Å². The Morgan fingerprint density at radius 2 is 2.00 bits per heavy atom. The smallest absolute Gasteiger partial charge is 0.119 e. The van der Waals surface area contributed by atoms with Gasteiger partial charge in [0.05, 0.1) is 24.6 Å². The van der Waals surface area contributed by atoms with Gasteiger partial charge in [-0.3, -0.25) is 14.3 Å². The van der Waals surface area contributed by atoms with Crippen LogP contribution in [-0.4, -0.2) is 50.8 Å². The lowest BCUT2D eigenvalue weighted by Gasteiger charge is -2.31. The van der Waals surface area contributed by atoms with Crippen LogP contribution in [0.1, 0.15) is 28.7 Å².